The molecule has 1 fully saturated rings. The zero-order valence-electron chi connectivity index (χ0n) is 14.3. The molecule has 1 aliphatic heterocycles. The summed E-state index contributed by atoms with van der Waals surface area (Å²) in [5, 5.41) is 0. The van der Waals surface area contributed by atoms with Crippen molar-refractivity contribution in [2.45, 2.75) is 59.8 Å². The third kappa shape index (κ3) is 3.15. The first-order valence-electron chi connectivity index (χ1n) is 7.86. The molecule has 0 spiro atoms. The summed E-state index contributed by atoms with van der Waals surface area (Å²) in [5.74, 6) is 0.0287. The number of nitrogens with zero attached hydrogens (tertiary/aromatic N) is 1. The minimum absolute atomic E-state index is 0.00781. The molecule has 2 rings (SSSR count). The zero-order valence-corrected chi connectivity index (χ0v) is 14.3. The van der Waals surface area contributed by atoms with Crippen LogP contribution in [0.15, 0.2) is 0 Å². The van der Waals surface area contributed by atoms with Crippen LogP contribution < -0.4 is 0 Å². The zero-order chi connectivity index (χ0) is 16.6. The summed E-state index contributed by atoms with van der Waals surface area (Å²) < 4.78 is 5.72. The van der Waals surface area contributed by atoms with E-state index in [2.05, 4.69) is 9.88 Å². The standard InChI is InChI=1S/C17H26N2O3/c1-9-7-19(8-10(2)22-9)13(5)17(21)16-11(3)15(14(6)20)12(4)18-16/h9-10,13,18H,7-8H2,1-6H3/t9-,10-,13+/m1/s1. The topological polar surface area (TPSA) is 62.4 Å². The number of H-pyrrole nitrogens is 1. The van der Waals surface area contributed by atoms with Gasteiger partial charge in [-0.1, -0.05) is 0 Å². The highest BCUT2D eigenvalue weighted by molar-refractivity contribution is 6.05. The maximum absolute atomic E-state index is 12.8. The van der Waals surface area contributed by atoms with Crippen molar-refractivity contribution in [2.75, 3.05) is 13.1 Å². The van der Waals surface area contributed by atoms with Crippen LogP contribution in [0.4, 0.5) is 0 Å². The fraction of sp³-hybridized carbons (Fsp3) is 0.647. The highest BCUT2D eigenvalue weighted by atomic mass is 16.5. The van der Waals surface area contributed by atoms with Gasteiger partial charge in [-0.2, -0.15) is 0 Å². The third-order valence-electron chi connectivity index (χ3n) is 4.41. The van der Waals surface area contributed by atoms with E-state index in [0.29, 0.717) is 11.3 Å². The number of Topliss-reactive ketones (excluding diaryl/α,β-unsaturated/α-hetero) is 2. The summed E-state index contributed by atoms with van der Waals surface area (Å²) in [6.45, 7) is 12.7. The third-order valence-corrected chi connectivity index (χ3v) is 4.41. The molecule has 0 saturated carbocycles. The number of rotatable bonds is 4. The van der Waals surface area contributed by atoms with Crippen molar-refractivity contribution < 1.29 is 14.3 Å². The van der Waals surface area contributed by atoms with Gasteiger partial charge in [0.25, 0.3) is 0 Å². The Hall–Kier alpha value is -1.46. The molecule has 1 aromatic rings. The van der Waals surface area contributed by atoms with Crippen LogP contribution >= 0.6 is 0 Å². The molecule has 1 aromatic heterocycles. The molecular weight excluding hydrogens is 280 g/mol. The number of hydrogen-bond acceptors (Lipinski definition) is 4. The van der Waals surface area contributed by atoms with Gasteiger partial charge < -0.3 is 9.72 Å². The number of ketones is 2. The lowest BCUT2D eigenvalue weighted by Crippen LogP contribution is -2.51. The van der Waals surface area contributed by atoms with E-state index < -0.39 is 0 Å². The maximum Gasteiger partial charge on any atom is 0.196 e. The summed E-state index contributed by atoms with van der Waals surface area (Å²) in [6, 6.07) is -0.231. The lowest BCUT2D eigenvalue weighted by molar-refractivity contribution is -0.0744. The van der Waals surface area contributed by atoms with Gasteiger partial charge in [-0.25, -0.2) is 0 Å². The predicted octanol–water partition coefficient (Wildman–Crippen LogP) is 2.51. The highest BCUT2D eigenvalue weighted by Gasteiger charge is 2.31. The smallest absolute Gasteiger partial charge is 0.196 e. The first kappa shape index (κ1) is 16.9. The van der Waals surface area contributed by atoms with Crippen LogP contribution in [-0.2, 0) is 4.74 Å². The van der Waals surface area contributed by atoms with Gasteiger partial charge in [0.05, 0.1) is 23.9 Å². The van der Waals surface area contributed by atoms with Crippen molar-refractivity contribution in [1.29, 1.82) is 0 Å². The monoisotopic (exact) mass is 306 g/mol. The van der Waals surface area contributed by atoms with Crippen molar-refractivity contribution in [1.82, 2.24) is 9.88 Å². The first-order valence-corrected chi connectivity index (χ1v) is 7.86. The van der Waals surface area contributed by atoms with E-state index in [4.69, 9.17) is 4.74 Å². The summed E-state index contributed by atoms with van der Waals surface area (Å²) in [5.41, 5.74) is 2.72. The Labute approximate surface area is 132 Å². The normalized spacial score (nSPS) is 24.3. The van der Waals surface area contributed by atoms with E-state index in [9.17, 15) is 9.59 Å². The average Bonchev–Trinajstić information content (AvgIpc) is 2.71. The van der Waals surface area contributed by atoms with Crippen LogP contribution in [-0.4, -0.2) is 52.8 Å². The minimum atomic E-state index is -0.231. The molecule has 1 aliphatic rings. The molecule has 0 radical (unpaired) electrons. The largest absolute Gasteiger partial charge is 0.373 e. The van der Waals surface area contributed by atoms with Crippen molar-refractivity contribution in [3.8, 4) is 0 Å². The Morgan fingerprint density at radius 1 is 1.23 bits per heavy atom. The van der Waals surface area contributed by atoms with Crippen LogP contribution in [0, 0.1) is 13.8 Å². The molecule has 0 amide bonds. The average molecular weight is 306 g/mol. The molecule has 0 aliphatic carbocycles. The van der Waals surface area contributed by atoms with Crippen molar-refractivity contribution >= 4 is 11.6 Å². The summed E-state index contributed by atoms with van der Waals surface area (Å²) in [7, 11) is 0. The molecule has 3 atom stereocenters. The number of carbonyl (C=O) groups is 2. The lowest BCUT2D eigenvalue weighted by Gasteiger charge is -2.38. The number of ether oxygens (including phenoxy) is 1. The van der Waals surface area contributed by atoms with E-state index in [1.807, 2.05) is 34.6 Å². The molecule has 0 unspecified atom stereocenters. The first-order chi connectivity index (χ1) is 10.2. The molecule has 5 heteroatoms. The molecule has 1 saturated heterocycles. The van der Waals surface area contributed by atoms with Gasteiger partial charge in [0, 0.05) is 24.3 Å². The number of carbonyl (C=O) groups excluding carboxylic acids is 2. The molecular formula is C17H26N2O3. The van der Waals surface area contributed by atoms with E-state index in [1.165, 1.54) is 6.92 Å². The SMILES string of the molecule is CC(=O)c1c(C)[nH]c(C(=O)[C@H](C)N2C[C@@H](C)O[C@H](C)C2)c1C. The Morgan fingerprint density at radius 2 is 1.77 bits per heavy atom. The van der Waals surface area contributed by atoms with E-state index in [-0.39, 0.29) is 29.8 Å². The Morgan fingerprint density at radius 3 is 2.23 bits per heavy atom. The maximum atomic E-state index is 12.8. The number of nitrogens with one attached hydrogen (secondary N) is 1. The van der Waals surface area contributed by atoms with Gasteiger partial charge in [0.1, 0.15) is 0 Å². The van der Waals surface area contributed by atoms with Crippen molar-refractivity contribution in [2.24, 2.45) is 0 Å². The quantitative estimate of drug-likeness (QED) is 0.868. The summed E-state index contributed by atoms with van der Waals surface area (Å²) in [4.78, 5) is 29.8. The molecule has 22 heavy (non-hydrogen) atoms. The molecule has 2 heterocycles. The summed E-state index contributed by atoms with van der Waals surface area (Å²) in [6.07, 6.45) is 0.247. The van der Waals surface area contributed by atoms with Crippen molar-refractivity contribution in [3.05, 3.63) is 22.5 Å². The second-order valence-corrected chi connectivity index (χ2v) is 6.43. The Bertz CT molecular complexity index is 581. The number of morpholine rings is 1. The number of aromatic nitrogens is 1. The highest BCUT2D eigenvalue weighted by Crippen LogP contribution is 2.22. The van der Waals surface area contributed by atoms with Crippen LogP contribution in [0.25, 0.3) is 0 Å². The number of hydrogen-bond donors (Lipinski definition) is 1. The van der Waals surface area contributed by atoms with Gasteiger partial charge >= 0.3 is 0 Å². The molecule has 1 N–H and O–H groups in total. The molecule has 0 bridgehead atoms. The second kappa shape index (κ2) is 6.34. The number of aryl methyl sites for hydroxylation is 1. The fourth-order valence-corrected chi connectivity index (χ4v) is 3.43. The molecule has 0 aromatic carbocycles. The van der Waals surface area contributed by atoms with E-state index >= 15 is 0 Å². The van der Waals surface area contributed by atoms with Crippen LogP contribution in [0.5, 0.6) is 0 Å². The number of aromatic amines is 1. The van der Waals surface area contributed by atoms with E-state index in [0.717, 1.165) is 24.3 Å². The van der Waals surface area contributed by atoms with Crippen LogP contribution in [0.3, 0.4) is 0 Å². The lowest BCUT2D eigenvalue weighted by atomic mass is 10.0. The minimum Gasteiger partial charge on any atom is -0.373 e. The van der Waals surface area contributed by atoms with Gasteiger partial charge in [0.15, 0.2) is 11.6 Å². The van der Waals surface area contributed by atoms with E-state index in [1.54, 1.807) is 0 Å². The Balaban J connectivity index is 2.24. The van der Waals surface area contributed by atoms with Gasteiger partial charge in [-0.15, -0.1) is 0 Å². The fourth-order valence-electron chi connectivity index (χ4n) is 3.43. The van der Waals surface area contributed by atoms with Gasteiger partial charge in [0.2, 0.25) is 0 Å². The van der Waals surface area contributed by atoms with Crippen LogP contribution in [0.1, 0.15) is 59.8 Å². The molecule has 122 valence electrons. The van der Waals surface area contributed by atoms with Crippen LogP contribution in [0.2, 0.25) is 0 Å². The van der Waals surface area contributed by atoms with Gasteiger partial charge in [-0.3, -0.25) is 14.5 Å². The van der Waals surface area contributed by atoms with Crippen molar-refractivity contribution in [3.63, 3.8) is 0 Å². The second-order valence-electron chi connectivity index (χ2n) is 6.43. The predicted molar refractivity (Wildman–Crippen MR) is 85.6 cm³/mol. The summed E-state index contributed by atoms with van der Waals surface area (Å²) >= 11 is 0. The molecule has 5 nitrogen and oxygen atoms in total. The Kier molecular flexibility index (Phi) is 4.87. The van der Waals surface area contributed by atoms with Gasteiger partial charge in [-0.05, 0) is 47.1 Å².